The van der Waals surface area contributed by atoms with Crippen LogP contribution in [-0.4, -0.2) is 62.7 Å². The summed E-state index contributed by atoms with van der Waals surface area (Å²) in [5.41, 5.74) is 0.867. The molecule has 224 valence electrons. The van der Waals surface area contributed by atoms with Gasteiger partial charge in [0.1, 0.15) is 25.8 Å². The third-order valence-corrected chi connectivity index (χ3v) is 9.81. The fraction of sp³-hybridized carbons (Fsp3) is 0.517. The van der Waals surface area contributed by atoms with Gasteiger partial charge in [0, 0.05) is 28.7 Å². The SMILES string of the molecule is CC[C@@H](C(=O)NC1CCCCC1)N(Cc1ccc(Cl)cc1Cl)C(=O)CN(c1ccc2c(c1)OCCO2)S(=O)(=O)CC. The number of rotatable bonds is 11. The predicted octanol–water partition coefficient (Wildman–Crippen LogP) is 5.18. The van der Waals surface area contributed by atoms with E-state index in [9.17, 15) is 18.0 Å². The number of halogens is 2. The molecule has 2 amide bonds. The first-order chi connectivity index (χ1) is 19.6. The lowest BCUT2D eigenvalue weighted by molar-refractivity contribution is -0.140. The fourth-order valence-electron chi connectivity index (χ4n) is 5.20. The number of carbonyl (C=O) groups excluding carboxylic acids is 2. The zero-order chi connectivity index (χ0) is 29.6. The van der Waals surface area contributed by atoms with Crippen LogP contribution in [0.25, 0.3) is 0 Å². The van der Waals surface area contributed by atoms with Gasteiger partial charge in [0.15, 0.2) is 11.5 Å². The molecule has 1 N–H and O–H groups in total. The highest BCUT2D eigenvalue weighted by Gasteiger charge is 2.34. The molecule has 0 saturated heterocycles. The Hall–Kier alpha value is -2.69. The summed E-state index contributed by atoms with van der Waals surface area (Å²) in [6.45, 7) is 3.57. The summed E-state index contributed by atoms with van der Waals surface area (Å²) >= 11 is 12.6. The van der Waals surface area contributed by atoms with Crippen LogP contribution in [0.2, 0.25) is 10.0 Å². The van der Waals surface area contributed by atoms with Crippen LogP contribution in [0.5, 0.6) is 11.5 Å². The second-order valence-corrected chi connectivity index (χ2v) is 13.3. The second kappa shape index (κ2) is 14.0. The summed E-state index contributed by atoms with van der Waals surface area (Å²) in [5, 5.41) is 3.92. The lowest BCUT2D eigenvalue weighted by atomic mass is 9.95. The maximum Gasteiger partial charge on any atom is 0.244 e. The molecule has 1 saturated carbocycles. The zero-order valence-corrected chi connectivity index (χ0v) is 25.7. The monoisotopic (exact) mass is 625 g/mol. The van der Waals surface area contributed by atoms with Crippen molar-refractivity contribution in [1.82, 2.24) is 10.2 Å². The normalized spacial score (nSPS) is 16.1. The third-order valence-electron chi connectivity index (χ3n) is 7.49. The number of benzene rings is 2. The van der Waals surface area contributed by atoms with Crippen molar-refractivity contribution in [3.05, 3.63) is 52.0 Å². The molecule has 0 aromatic heterocycles. The number of nitrogens with zero attached hydrogens (tertiary/aromatic N) is 2. The van der Waals surface area contributed by atoms with E-state index in [1.165, 1.54) is 11.8 Å². The molecule has 0 unspecified atom stereocenters. The van der Waals surface area contributed by atoms with Gasteiger partial charge in [0.2, 0.25) is 21.8 Å². The lowest BCUT2D eigenvalue weighted by Crippen LogP contribution is -2.54. The molecule has 2 aromatic carbocycles. The van der Waals surface area contributed by atoms with Crippen molar-refractivity contribution in [3.63, 3.8) is 0 Å². The number of amides is 2. The molecule has 0 bridgehead atoms. The van der Waals surface area contributed by atoms with E-state index in [-0.39, 0.29) is 29.9 Å². The number of hydrogen-bond acceptors (Lipinski definition) is 6. The summed E-state index contributed by atoms with van der Waals surface area (Å²) in [7, 11) is -3.89. The molecule has 12 heteroatoms. The van der Waals surface area contributed by atoms with E-state index in [4.69, 9.17) is 32.7 Å². The minimum absolute atomic E-state index is 0.00653. The van der Waals surface area contributed by atoms with Crippen molar-refractivity contribution < 1.29 is 27.5 Å². The maximum atomic E-state index is 14.1. The van der Waals surface area contributed by atoms with E-state index in [0.717, 1.165) is 36.4 Å². The highest BCUT2D eigenvalue weighted by molar-refractivity contribution is 7.92. The van der Waals surface area contributed by atoms with Crippen LogP contribution in [-0.2, 0) is 26.2 Å². The standard InChI is InChI=1S/C29H37Cl2N3O6S/c1-3-25(29(36)32-22-8-6-5-7-9-22)33(18-20-10-11-21(30)16-24(20)31)28(35)19-34(41(37,38)4-2)23-12-13-26-27(17-23)40-15-14-39-26/h10-13,16-17,22,25H,3-9,14-15,18-19H2,1-2H3,(H,32,36)/t25-/m0/s1. The third kappa shape index (κ3) is 7.78. The van der Waals surface area contributed by atoms with Crippen molar-refractivity contribution in [2.24, 2.45) is 0 Å². The Morgan fingerprint density at radius 3 is 2.37 bits per heavy atom. The first-order valence-corrected chi connectivity index (χ1v) is 16.4. The van der Waals surface area contributed by atoms with Crippen molar-refractivity contribution in [2.75, 3.05) is 29.8 Å². The van der Waals surface area contributed by atoms with Crippen molar-refractivity contribution in [2.45, 2.75) is 71.0 Å². The quantitative estimate of drug-likeness (QED) is 0.369. The van der Waals surface area contributed by atoms with Crippen LogP contribution >= 0.6 is 23.2 Å². The molecule has 1 fully saturated rings. The van der Waals surface area contributed by atoms with Crippen LogP contribution in [0.4, 0.5) is 5.69 Å². The van der Waals surface area contributed by atoms with E-state index in [2.05, 4.69) is 5.32 Å². The number of carbonyl (C=O) groups is 2. The van der Waals surface area contributed by atoms with Crippen molar-refractivity contribution >= 4 is 50.7 Å². The fourth-order valence-corrected chi connectivity index (χ4v) is 6.73. The predicted molar refractivity (Wildman–Crippen MR) is 160 cm³/mol. The smallest absolute Gasteiger partial charge is 0.244 e. The summed E-state index contributed by atoms with van der Waals surface area (Å²) in [4.78, 5) is 29.1. The van der Waals surface area contributed by atoms with E-state index in [1.807, 2.05) is 6.92 Å². The van der Waals surface area contributed by atoms with Gasteiger partial charge in [-0.3, -0.25) is 13.9 Å². The van der Waals surface area contributed by atoms with Crippen LogP contribution < -0.4 is 19.1 Å². The Morgan fingerprint density at radius 1 is 1.00 bits per heavy atom. The van der Waals surface area contributed by atoms with Crippen LogP contribution in [0.15, 0.2) is 36.4 Å². The Balaban J connectivity index is 1.66. The summed E-state index contributed by atoms with van der Waals surface area (Å²) in [6.07, 6.45) is 5.36. The molecule has 1 aliphatic heterocycles. The average molecular weight is 627 g/mol. The van der Waals surface area contributed by atoms with Gasteiger partial charge in [-0.25, -0.2) is 8.42 Å². The van der Waals surface area contributed by atoms with Gasteiger partial charge in [0.25, 0.3) is 0 Å². The molecule has 2 aromatic rings. The largest absolute Gasteiger partial charge is 0.486 e. The topological polar surface area (TPSA) is 105 Å². The average Bonchev–Trinajstić information content (AvgIpc) is 2.97. The first-order valence-electron chi connectivity index (χ1n) is 14.1. The van der Waals surface area contributed by atoms with E-state index in [1.54, 1.807) is 36.4 Å². The van der Waals surface area contributed by atoms with Crippen molar-refractivity contribution in [1.29, 1.82) is 0 Å². The summed E-state index contributed by atoms with van der Waals surface area (Å²) in [6, 6.07) is 8.94. The van der Waals surface area contributed by atoms with Crippen molar-refractivity contribution in [3.8, 4) is 11.5 Å². The summed E-state index contributed by atoms with van der Waals surface area (Å²) < 4.78 is 38.9. The maximum absolute atomic E-state index is 14.1. The van der Waals surface area contributed by atoms with Gasteiger partial charge in [0.05, 0.1) is 11.4 Å². The molecule has 0 radical (unpaired) electrons. The van der Waals surface area contributed by atoms with Gasteiger partial charge in [-0.15, -0.1) is 0 Å². The Kier molecular flexibility index (Phi) is 10.7. The molecular formula is C29H37Cl2N3O6S. The molecule has 0 spiro atoms. The summed E-state index contributed by atoms with van der Waals surface area (Å²) in [5.74, 6) is -0.113. The molecule has 41 heavy (non-hydrogen) atoms. The number of sulfonamides is 1. The second-order valence-electron chi connectivity index (χ2n) is 10.3. The Bertz CT molecular complexity index is 1350. The van der Waals surface area contributed by atoms with Gasteiger partial charge >= 0.3 is 0 Å². The molecule has 1 heterocycles. The van der Waals surface area contributed by atoms with Crippen LogP contribution in [0.3, 0.4) is 0 Å². The molecular weight excluding hydrogens is 589 g/mol. The van der Waals surface area contributed by atoms with Gasteiger partial charge in [-0.2, -0.15) is 0 Å². The Labute approximate surface area is 252 Å². The number of fused-ring (bicyclic) bond motifs is 1. The number of ether oxygens (including phenoxy) is 2. The van der Waals surface area contributed by atoms with Crippen LogP contribution in [0.1, 0.15) is 57.9 Å². The first kappa shape index (κ1) is 31.3. The molecule has 9 nitrogen and oxygen atoms in total. The Morgan fingerprint density at radius 2 is 1.71 bits per heavy atom. The van der Waals surface area contributed by atoms with E-state index >= 15 is 0 Å². The van der Waals surface area contributed by atoms with Crippen LogP contribution in [0, 0.1) is 0 Å². The minimum atomic E-state index is -3.89. The molecule has 1 aliphatic carbocycles. The molecule has 2 aliphatic rings. The minimum Gasteiger partial charge on any atom is -0.486 e. The van der Waals surface area contributed by atoms with Gasteiger partial charge in [-0.1, -0.05) is 55.5 Å². The molecule has 4 rings (SSSR count). The van der Waals surface area contributed by atoms with E-state index < -0.39 is 28.5 Å². The van der Waals surface area contributed by atoms with Gasteiger partial charge < -0.3 is 19.7 Å². The number of nitrogens with one attached hydrogen (secondary N) is 1. The van der Waals surface area contributed by atoms with E-state index in [0.29, 0.717) is 46.7 Å². The number of hydrogen-bond donors (Lipinski definition) is 1. The highest BCUT2D eigenvalue weighted by atomic mass is 35.5. The zero-order valence-electron chi connectivity index (χ0n) is 23.4. The molecule has 1 atom stereocenters. The lowest BCUT2D eigenvalue weighted by Gasteiger charge is -2.34. The number of anilines is 1. The highest BCUT2D eigenvalue weighted by Crippen LogP contribution is 2.35. The van der Waals surface area contributed by atoms with Gasteiger partial charge in [-0.05, 0) is 56.0 Å².